The first kappa shape index (κ1) is 34.7. The van der Waals surface area contributed by atoms with Crippen LogP contribution in [0.25, 0.3) is 0 Å². The van der Waals surface area contributed by atoms with Gasteiger partial charge in [-0.15, -0.1) is 23.4 Å². The lowest BCUT2D eigenvalue weighted by Crippen LogP contribution is -2.37. The van der Waals surface area contributed by atoms with Gasteiger partial charge in [0.05, 0.1) is 0 Å². The van der Waals surface area contributed by atoms with E-state index in [1.807, 2.05) is 25.4 Å². The molecular weight excluding hydrogens is 585 g/mol. The topological polar surface area (TPSA) is 162 Å². The van der Waals surface area contributed by atoms with Gasteiger partial charge >= 0.3 is 6.36 Å². The number of likely N-dealkylation sites (tertiary alicyclic amines) is 1. The number of anilines is 1. The highest BCUT2D eigenvalue weighted by Crippen LogP contribution is 2.31. The van der Waals surface area contributed by atoms with Gasteiger partial charge in [-0.25, -0.2) is 0 Å². The normalized spacial score (nSPS) is 13.8. The van der Waals surface area contributed by atoms with E-state index in [0.29, 0.717) is 17.8 Å². The molecule has 0 aliphatic carbocycles. The van der Waals surface area contributed by atoms with E-state index in [1.54, 1.807) is 23.6 Å². The van der Waals surface area contributed by atoms with Crippen LogP contribution < -0.4 is 21.6 Å². The highest BCUT2D eigenvalue weighted by Gasteiger charge is 2.31. The number of amidine groups is 1. The van der Waals surface area contributed by atoms with Gasteiger partial charge in [0.2, 0.25) is 11.5 Å². The van der Waals surface area contributed by atoms with E-state index < -0.39 is 6.36 Å². The molecule has 0 bridgehead atoms. The zero-order chi connectivity index (χ0) is 31.5. The number of pyridine rings is 1. The van der Waals surface area contributed by atoms with E-state index in [1.165, 1.54) is 23.8 Å². The Morgan fingerprint density at radius 2 is 1.91 bits per heavy atom. The summed E-state index contributed by atoms with van der Waals surface area (Å²) in [5, 5.41) is 17.5. The molecule has 1 aliphatic heterocycles. The number of piperidine rings is 1. The molecule has 0 spiro atoms. The number of alkyl halides is 3. The molecule has 2 aromatic heterocycles. The molecule has 43 heavy (non-hydrogen) atoms. The predicted molar refractivity (Wildman–Crippen MR) is 159 cm³/mol. The van der Waals surface area contributed by atoms with Crippen molar-refractivity contribution in [2.75, 3.05) is 25.5 Å². The van der Waals surface area contributed by atoms with Gasteiger partial charge in [0.1, 0.15) is 22.9 Å². The van der Waals surface area contributed by atoms with Crippen LogP contribution in [0.2, 0.25) is 0 Å². The number of ether oxygens (including phenoxy) is 1. The van der Waals surface area contributed by atoms with Gasteiger partial charge in [0.15, 0.2) is 0 Å². The molecule has 1 amide bonds. The molecule has 1 saturated heterocycles. The molecule has 232 valence electrons. The third-order valence-corrected chi connectivity index (χ3v) is 7.10. The summed E-state index contributed by atoms with van der Waals surface area (Å²) in [4.78, 5) is 25.1. The zero-order valence-electron chi connectivity index (χ0n) is 23.6. The number of hydrogen-bond donors (Lipinski definition) is 3. The van der Waals surface area contributed by atoms with E-state index in [0.717, 1.165) is 54.7 Å². The van der Waals surface area contributed by atoms with Gasteiger partial charge in [0, 0.05) is 44.9 Å². The number of hydrazone groups is 1. The van der Waals surface area contributed by atoms with Crippen molar-refractivity contribution in [1.82, 2.24) is 20.1 Å². The second kappa shape index (κ2) is 18.8. The van der Waals surface area contributed by atoms with Gasteiger partial charge in [-0.1, -0.05) is 35.6 Å². The quantitative estimate of drug-likeness (QED) is 0.105. The zero-order valence-corrected chi connectivity index (χ0v) is 24.4. The first-order valence-electron chi connectivity index (χ1n) is 13.3. The van der Waals surface area contributed by atoms with Crippen LogP contribution in [0.3, 0.4) is 0 Å². The highest BCUT2D eigenvalue weighted by molar-refractivity contribution is 7.15. The largest absolute Gasteiger partial charge is 0.573 e. The molecule has 11 nitrogen and oxygen atoms in total. The number of benzene rings is 1. The van der Waals surface area contributed by atoms with Crippen molar-refractivity contribution >= 4 is 35.0 Å². The Balaban J connectivity index is 0.000000320. The lowest BCUT2D eigenvalue weighted by atomic mass is 9.97. The van der Waals surface area contributed by atoms with Crippen LogP contribution in [0.4, 0.5) is 18.3 Å². The summed E-state index contributed by atoms with van der Waals surface area (Å²) in [7, 11) is 1.87. The van der Waals surface area contributed by atoms with Crippen molar-refractivity contribution in [3.05, 3.63) is 77.1 Å². The summed E-state index contributed by atoms with van der Waals surface area (Å²) in [5.74, 6) is 6.63. The highest BCUT2D eigenvalue weighted by atomic mass is 32.1. The summed E-state index contributed by atoms with van der Waals surface area (Å²) < 4.78 is 39.0. The van der Waals surface area contributed by atoms with Crippen molar-refractivity contribution in [3.63, 3.8) is 0 Å². The van der Waals surface area contributed by atoms with Gasteiger partial charge in [-0.3, -0.25) is 9.78 Å². The summed E-state index contributed by atoms with van der Waals surface area (Å²) in [5.41, 5.74) is 5.89. The average Bonchev–Trinajstić information content (AvgIpc) is 3.48. The molecule has 4 rings (SSSR count). The Kier molecular flexibility index (Phi) is 15.2. The number of carbonyl (C=O) groups excluding carboxylic acids is 2. The second-order valence-electron chi connectivity index (χ2n) is 8.95. The van der Waals surface area contributed by atoms with Crippen LogP contribution in [0, 0.1) is 0 Å². The molecule has 1 aliphatic rings. The number of nitrogens with zero attached hydrogens (tertiary/aromatic N) is 5. The minimum absolute atomic E-state index is 0.0784. The van der Waals surface area contributed by atoms with Gasteiger partial charge < -0.3 is 31.3 Å². The predicted octanol–water partition coefficient (Wildman–Crippen LogP) is 4.04. The summed E-state index contributed by atoms with van der Waals surface area (Å²) in [6, 6.07) is 9.38. The molecular formula is C28H35F3N8O3S. The number of hydrogen-bond acceptors (Lipinski definition) is 10. The Bertz CT molecular complexity index is 1300. The molecule has 15 heteroatoms. The number of primary amides is 1. The number of aldehydes is 1. The molecule has 0 radical (unpaired) electrons. The van der Waals surface area contributed by atoms with Gasteiger partial charge in [-0.05, 0) is 61.1 Å². The summed E-state index contributed by atoms with van der Waals surface area (Å²) in [6.45, 7) is 1.87. The maximum Gasteiger partial charge on any atom is 0.573 e. The molecule has 3 heterocycles. The lowest BCUT2D eigenvalue weighted by molar-refractivity contribution is -0.274. The number of nitrogens with two attached hydrogens (primary N) is 2. The van der Waals surface area contributed by atoms with Crippen LogP contribution in [0.15, 0.2) is 66.0 Å². The number of aromatic nitrogens is 3. The van der Waals surface area contributed by atoms with Gasteiger partial charge in [0.25, 0.3) is 0 Å². The average molecular weight is 621 g/mol. The minimum Gasteiger partial charge on any atom is -0.406 e. The van der Waals surface area contributed by atoms with E-state index in [2.05, 4.69) is 53.1 Å². The molecule has 0 atom stereocenters. The van der Waals surface area contributed by atoms with Gasteiger partial charge in [-0.2, -0.15) is 5.10 Å². The number of halogens is 3. The van der Waals surface area contributed by atoms with E-state index in [9.17, 15) is 18.0 Å². The fourth-order valence-electron chi connectivity index (χ4n) is 4.04. The van der Waals surface area contributed by atoms with Crippen molar-refractivity contribution in [2.24, 2.45) is 16.7 Å². The van der Waals surface area contributed by atoms with Crippen LogP contribution in [-0.4, -0.2) is 65.1 Å². The van der Waals surface area contributed by atoms with Crippen LogP contribution in [0.1, 0.15) is 41.3 Å². The van der Waals surface area contributed by atoms with E-state index in [-0.39, 0.29) is 18.6 Å². The molecule has 1 fully saturated rings. The number of carbonyl (C=O) groups is 2. The van der Waals surface area contributed by atoms with E-state index in [4.69, 9.17) is 10.6 Å². The summed E-state index contributed by atoms with van der Waals surface area (Å²) >= 11 is 1.64. The molecule has 1 aromatic carbocycles. The maximum atomic E-state index is 11.8. The molecule has 3 aromatic rings. The Hall–Kier alpha value is -4.53. The Labute approximate surface area is 251 Å². The number of rotatable bonds is 9. The molecule has 5 N–H and O–H groups in total. The van der Waals surface area contributed by atoms with Crippen molar-refractivity contribution < 1.29 is 27.5 Å². The monoisotopic (exact) mass is 620 g/mol. The van der Waals surface area contributed by atoms with Crippen LogP contribution in [0.5, 0.6) is 5.75 Å². The lowest BCUT2D eigenvalue weighted by Gasteiger charge is -2.32. The van der Waals surface area contributed by atoms with Crippen molar-refractivity contribution in [2.45, 2.75) is 44.4 Å². The number of amides is 1. The first-order valence-corrected chi connectivity index (χ1v) is 14.1. The second-order valence-corrected chi connectivity index (χ2v) is 9.96. The number of aryl methyl sites for hydroxylation is 1. The smallest absolute Gasteiger partial charge is 0.406 e. The van der Waals surface area contributed by atoms with Crippen LogP contribution >= 0.6 is 11.3 Å². The third kappa shape index (κ3) is 13.3. The van der Waals surface area contributed by atoms with E-state index >= 15 is 0 Å². The standard InChI is InChI=1S/C18H25N7S.C9H7F3O2.CH3NO/c1-20-18-24-23-17(26-18)15-8-11-25(12-9-15)16(22-19)7-3-2-5-14-6-4-10-21-13-14;10-9(11,12)14-8-3-1-2-7(6-8)4-5-13;2-1-3/h3-4,6-7,10,13,15H,2,5,8-9,11-12,19H2,1H3,(H,20,24);1-3,5-6H,4H2;1H,(H2,2,3)/b7-3-,22-16+;;. The third-order valence-electron chi connectivity index (χ3n) is 6.00. The first-order chi connectivity index (χ1) is 20.7. The Morgan fingerprint density at radius 1 is 1.19 bits per heavy atom. The Morgan fingerprint density at radius 3 is 2.49 bits per heavy atom. The maximum absolute atomic E-state index is 11.8. The number of nitrogens with one attached hydrogen (secondary N) is 1. The fourth-order valence-corrected chi connectivity index (χ4v) is 4.90. The summed E-state index contributed by atoms with van der Waals surface area (Å²) in [6.07, 6.45) is 8.11. The minimum atomic E-state index is -4.69. The molecule has 0 saturated carbocycles. The SMILES string of the molecule is CNc1nnc(C2CCN(C(/C=C\CCc3cccnc3)=N/N)CC2)s1.NC=O.O=CCc1cccc(OC(F)(F)F)c1. The molecule has 0 unspecified atom stereocenters. The van der Waals surface area contributed by atoms with Crippen molar-refractivity contribution in [3.8, 4) is 5.75 Å². The fraction of sp³-hybridized carbons (Fsp3) is 0.357. The van der Waals surface area contributed by atoms with Crippen molar-refractivity contribution in [1.29, 1.82) is 0 Å². The number of allylic oxidation sites excluding steroid dienone is 1. The van der Waals surface area contributed by atoms with Crippen LogP contribution in [-0.2, 0) is 22.4 Å².